The third-order valence-corrected chi connectivity index (χ3v) is 6.55. The Morgan fingerprint density at radius 1 is 0.968 bits per heavy atom. The molecule has 1 aromatic heterocycles. The molecule has 0 aliphatic rings. The van der Waals surface area contributed by atoms with Crippen molar-refractivity contribution in [2.24, 2.45) is 0 Å². The fourth-order valence-electron chi connectivity index (χ4n) is 3.17. The second-order valence-electron chi connectivity index (χ2n) is 6.89. The third-order valence-electron chi connectivity index (χ3n) is 4.67. The smallest absolute Gasteiger partial charge is 0.269 e. The lowest BCUT2D eigenvalue weighted by Gasteiger charge is -2.14. The number of carbonyl (C=O) groups is 2. The number of nitrogens with one attached hydrogen (secondary N) is 2. The predicted molar refractivity (Wildman–Crippen MR) is 132 cm³/mol. The van der Waals surface area contributed by atoms with Gasteiger partial charge in [0.25, 0.3) is 5.91 Å². The van der Waals surface area contributed by atoms with E-state index in [1.54, 1.807) is 24.3 Å². The van der Waals surface area contributed by atoms with Crippen molar-refractivity contribution in [2.75, 3.05) is 5.32 Å². The highest BCUT2D eigenvalue weighted by Gasteiger charge is 2.19. The number of rotatable bonds is 4. The van der Waals surface area contributed by atoms with E-state index in [1.165, 1.54) is 11.3 Å². The molecule has 0 aliphatic carbocycles. The molecule has 4 aromatic rings. The number of thiocarbonyl (C=S) groups is 1. The van der Waals surface area contributed by atoms with Gasteiger partial charge in [-0.3, -0.25) is 14.9 Å². The third kappa shape index (κ3) is 4.51. The summed E-state index contributed by atoms with van der Waals surface area (Å²) in [4.78, 5) is 26.1. The molecule has 0 aliphatic heterocycles. The molecule has 2 N–H and O–H groups in total. The van der Waals surface area contributed by atoms with Gasteiger partial charge in [0, 0.05) is 21.2 Å². The Morgan fingerprint density at radius 3 is 2.42 bits per heavy atom. The first-order chi connectivity index (χ1) is 14.9. The second kappa shape index (κ2) is 8.98. The number of anilines is 1. The molecule has 0 bridgehead atoms. The standard InChI is InChI=1S/C24H17ClN2O2S2/c1-14-11-12-18(17(13-14)21(28)15-7-3-2-4-8-15)26-24(30)27-23(29)22-20(25)16-9-5-6-10-19(16)31-22/h2-13H,1H3,(H2,26,27,29,30). The van der Waals surface area contributed by atoms with Gasteiger partial charge >= 0.3 is 0 Å². The Bertz CT molecular complexity index is 1320. The minimum absolute atomic E-state index is 0.0875. The predicted octanol–water partition coefficient (Wildman–Crippen LogP) is 6.22. The first-order valence-electron chi connectivity index (χ1n) is 9.44. The lowest BCUT2D eigenvalue weighted by Crippen LogP contribution is -2.34. The molecule has 0 saturated carbocycles. The highest BCUT2D eigenvalue weighted by Crippen LogP contribution is 2.35. The largest absolute Gasteiger partial charge is 0.332 e. The SMILES string of the molecule is Cc1ccc(NC(=S)NC(=O)c2sc3ccccc3c2Cl)c(C(=O)c2ccccc2)c1. The zero-order valence-corrected chi connectivity index (χ0v) is 18.8. The van der Waals surface area contributed by atoms with Crippen LogP contribution in [0.1, 0.15) is 31.2 Å². The average molecular weight is 465 g/mol. The number of fused-ring (bicyclic) bond motifs is 1. The molecule has 1 heterocycles. The molecule has 0 saturated heterocycles. The molecule has 0 fully saturated rings. The molecular formula is C24H17ClN2O2S2. The zero-order chi connectivity index (χ0) is 22.0. The van der Waals surface area contributed by atoms with Crippen molar-refractivity contribution in [3.8, 4) is 0 Å². The lowest BCUT2D eigenvalue weighted by molar-refractivity contribution is 0.0981. The van der Waals surface area contributed by atoms with Crippen molar-refractivity contribution in [3.63, 3.8) is 0 Å². The zero-order valence-electron chi connectivity index (χ0n) is 16.4. The summed E-state index contributed by atoms with van der Waals surface area (Å²) in [7, 11) is 0. The fourth-order valence-corrected chi connectivity index (χ4v) is 4.79. The number of aryl methyl sites for hydroxylation is 1. The number of hydrogen-bond acceptors (Lipinski definition) is 4. The molecule has 0 spiro atoms. The van der Waals surface area contributed by atoms with Gasteiger partial charge in [0.2, 0.25) is 0 Å². The molecule has 154 valence electrons. The van der Waals surface area contributed by atoms with Gasteiger partial charge in [-0.2, -0.15) is 0 Å². The first kappa shape index (κ1) is 21.2. The molecule has 0 radical (unpaired) electrons. The van der Waals surface area contributed by atoms with E-state index in [2.05, 4.69) is 10.6 Å². The number of carbonyl (C=O) groups excluding carboxylic acids is 2. The van der Waals surface area contributed by atoms with E-state index in [1.807, 2.05) is 55.5 Å². The van der Waals surface area contributed by atoms with Crippen LogP contribution in [0.25, 0.3) is 10.1 Å². The van der Waals surface area contributed by atoms with Crippen molar-refractivity contribution in [2.45, 2.75) is 6.92 Å². The van der Waals surface area contributed by atoms with Crippen LogP contribution in [0.5, 0.6) is 0 Å². The van der Waals surface area contributed by atoms with Crippen molar-refractivity contribution < 1.29 is 9.59 Å². The first-order valence-corrected chi connectivity index (χ1v) is 11.0. The Hall–Kier alpha value is -3.06. The topological polar surface area (TPSA) is 58.2 Å². The maximum absolute atomic E-state index is 13.0. The van der Waals surface area contributed by atoms with Crippen molar-refractivity contribution >= 4 is 67.7 Å². The van der Waals surface area contributed by atoms with Crippen LogP contribution in [0.3, 0.4) is 0 Å². The molecule has 0 unspecified atom stereocenters. The van der Waals surface area contributed by atoms with E-state index in [0.717, 1.165) is 15.6 Å². The maximum Gasteiger partial charge on any atom is 0.269 e. The fraction of sp³-hybridized carbons (Fsp3) is 0.0417. The minimum atomic E-state index is -0.397. The van der Waals surface area contributed by atoms with E-state index in [9.17, 15) is 9.59 Å². The Kier molecular flexibility index (Phi) is 6.13. The second-order valence-corrected chi connectivity index (χ2v) is 8.73. The minimum Gasteiger partial charge on any atom is -0.332 e. The van der Waals surface area contributed by atoms with Crippen LogP contribution in [0.2, 0.25) is 5.02 Å². The number of thiophene rings is 1. The van der Waals surface area contributed by atoms with E-state index >= 15 is 0 Å². The lowest BCUT2D eigenvalue weighted by atomic mass is 10.00. The van der Waals surface area contributed by atoms with E-state index in [0.29, 0.717) is 26.7 Å². The van der Waals surface area contributed by atoms with E-state index < -0.39 is 5.91 Å². The Labute approximate surface area is 193 Å². The number of halogens is 1. The number of ketones is 1. The van der Waals surface area contributed by atoms with Crippen LogP contribution in [-0.4, -0.2) is 16.8 Å². The van der Waals surface area contributed by atoms with Crippen LogP contribution >= 0.6 is 35.2 Å². The molecule has 7 heteroatoms. The van der Waals surface area contributed by atoms with Gasteiger partial charge in [0.1, 0.15) is 4.88 Å². The molecule has 0 atom stereocenters. The summed E-state index contributed by atoms with van der Waals surface area (Å²) in [6.07, 6.45) is 0. The quantitative estimate of drug-likeness (QED) is 0.278. The van der Waals surface area contributed by atoms with Crippen molar-refractivity contribution in [1.29, 1.82) is 0 Å². The number of hydrogen-bond donors (Lipinski definition) is 2. The van der Waals surface area contributed by atoms with E-state index in [4.69, 9.17) is 23.8 Å². The van der Waals surface area contributed by atoms with Gasteiger partial charge in [-0.25, -0.2) is 0 Å². The molecule has 1 amide bonds. The van der Waals surface area contributed by atoms with Gasteiger partial charge in [-0.05, 0) is 37.3 Å². The molecule has 3 aromatic carbocycles. The van der Waals surface area contributed by atoms with Gasteiger partial charge in [-0.15, -0.1) is 11.3 Å². The highest BCUT2D eigenvalue weighted by molar-refractivity contribution is 7.80. The summed E-state index contributed by atoms with van der Waals surface area (Å²) in [6, 6.07) is 22.0. The summed E-state index contributed by atoms with van der Waals surface area (Å²) in [5.74, 6) is -0.528. The summed E-state index contributed by atoms with van der Waals surface area (Å²) >= 11 is 13.0. The number of benzene rings is 3. The average Bonchev–Trinajstić information content (AvgIpc) is 3.12. The number of amides is 1. The van der Waals surface area contributed by atoms with Crippen molar-refractivity contribution in [1.82, 2.24) is 5.32 Å². The van der Waals surface area contributed by atoms with Crippen LogP contribution < -0.4 is 10.6 Å². The molecule has 4 rings (SSSR count). The van der Waals surface area contributed by atoms with Crippen LogP contribution in [0.4, 0.5) is 5.69 Å². The summed E-state index contributed by atoms with van der Waals surface area (Å²) in [6.45, 7) is 1.91. The highest BCUT2D eigenvalue weighted by atomic mass is 35.5. The van der Waals surface area contributed by atoms with Gasteiger partial charge < -0.3 is 5.32 Å². The van der Waals surface area contributed by atoms with Crippen LogP contribution in [-0.2, 0) is 0 Å². The molecule has 31 heavy (non-hydrogen) atoms. The van der Waals surface area contributed by atoms with Crippen LogP contribution in [0.15, 0.2) is 72.8 Å². The van der Waals surface area contributed by atoms with Gasteiger partial charge in [0.05, 0.1) is 10.7 Å². The van der Waals surface area contributed by atoms with Gasteiger partial charge in [-0.1, -0.05) is 71.8 Å². The maximum atomic E-state index is 13.0. The van der Waals surface area contributed by atoms with Crippen molar-refractivity contribution in [3.05, 3.63) is 99.4 Å². The normalized spacial score (nSPS) is 10.6. The monoisotopic (exact) mass is 464 g/mol. The Balaban J connectivity index is 1.55. The van der Waals surface area contributed by atoms with Crippen LogP contribution in [0, 0.1) is 6.92 Å². The molecule has 4 nitrogen and oxygen atoms in total. The Morgan fingerprint density at radius 2 is 1.68 bits per heavy atom. The summed E-state index contributed by atoms with van der Waals surface area (Å²) in [5.41, 5.74) is 2.51. The summed E-state index contributed by atoms with van der Waals surface area (Å²) in [5, 5.41) is 6.96. The van der Waals surface area contributed by atoms with E-state index in [-0.39, 0.29) is 10.9 Å². The molecular weight excluding hydrogens is 448 g/mol. The van der Waals surface area contributed by atoms with Gasteiger partial charge in [0.15, 0.2) is 10.9 Å². The summed E-state index contributed by atoms with van der Waals surface area (Å²) < 4.78 is 0.922.